The number of hydrogen-bond donors (Lipinski definition) is 1. The predicted octanol–water partition coefficient (Wildman–Crippen LogP) is 4.79. The van der Waals surface area contributed by atoms with Crippen LogP contribution >= 0.6 is 23.2 Å². The van der Waals surface area contributed by atoms with Crippen LogP contribution < -0.4 is 5.32 Å². The molecule has 2 nitrogen and oxygen atoms in total. The van der Waals surface area contributed by atoms with Gasteiger partial charge in [-0.3, -0.25) is 4.98 Å². The molecule has 2 aromatic rings. The van der Waals surface area contributed by atoms with E-state index in [4.69, 9.17) is 23.2 Å². The van der Waals surface area contributed by atoms with E-state index >= 15 is 0 Å². The van der Waals surface area contributed by atoms with Gasteiger partial charge in [-0.1, -0.05) is 42.3 Å². The third-order valence-electron chi connectivity index (χ3n) is 3.15. The van der Waals surface area contributed by atoms with Crippen molar-refractivity contribution in [3.8, 4) is 0 Å². The van der Waals surface area contributed by atoms with Gasteiger partial charge in [0.1, 0.15) is 0 Å². The third kappa shape index (κ3) is 3.51. The number of nitrogens with one attached hydrogen (secondary N) is 1. The standard InChI is InChI=1S/C16H18Cl2N2/c1-3-9-19-16(12-8-7-11(2)20-10-12)15-13(17)5-4-6-14(15)18/h4-8,10,16,19H,3,9H2,1-2H3. The number of rotatable bonds is 5. The van der Waals surface area contributed by atoms with Crippen molar-refractivity contribution in [2.45, 2.75) is 26.3 Å². The normalized spacial score (nSPS) is 12.4. The van der Waals surface area contributed by atoms with Crippen LogP contribution in [0.15, 0.2) is 36.5 Å². The number of halogens is 2. The fourth-order valence-electron chi connectivity index (χ4n) is 2.11. The molecule has 0 radical (unpaired) electrons. The summed E-state index contributed by atoms with van der Waals surface area (Å²) >= 11 is 12.7. The van der Waals surface area contributed by atoms with Crippen molar-refractivity contribution in [3.05, 3.63) is 63.4 Å². The molecule has 0 amide bonds. The fourth-order valence-corrected chi connectivity index (χ4v) is 2.73. The van der Waals surface area contributed by atoms with E-state index in [1.807, 2.05) is 37.4 Å². The van der Waals surface area contributed by atoms with Crippen LogP contribution in [0.2, 0.25) is 10.0 Å². The smallest absolute Gasteiger partial charge is 0.0621 e. The molecule has 0 spiro atoms. The summed E-state index contributed by atoms with van der Waals surface area (Å²) in [7, 11) is 0. The minimum atomic E-state index is -0.0377. The molecule has 1 N–H and O–H groups in total. The summed E-state index contributed by atoms with van der Waals surface area (Å²) in [6.45, 7) is 4.99. The average molecular weight is 309 g/mol. The van der Waals surface area contributed by atoms with Crippen LogP contribution in [0.25, 0.3) is 0 Å². The molecule has 1 unspecified atom stereocenters. The zero-order valence-corrected chi connectivity index (χ0v) is 13.2. The van der Waals surface area contributed by atoms with Crippen molar-refractivity contribution in [1.29, 1.82) is 0 Å². The molecule has 106 valence electrons. The number of aryl methyl sites for hydroxylation is 1. The van der Waals surface area contributed by atoms with Crippen LogP contribution in [-0.2, 0) is 0 Å². The second-order valence-electron chi connectivity index (χ2n) is 4.76. The Kier molecular flexibility index (Phi) is 5.41. The Bertz CT molecular complexity index is 547. The SMILES string of the molecule is CCCNC(c1ccc(C)nc1)c1c(Cl)cccc1Cl. The zero-order chi connectivity index (χ0) is 14.5. The Morgan fingerprint density at radius 2 is 1.85 bits per heavy atom. The monoisotopic (exact) mass is 308 g/mol. The molecule has 1 heterocycles. The summed E-state index contributed by atoms with van der Waals surface area (Å²) in [6.07, 6.45) is 2.92. The summed E-state index contributed by atoms with van der Waals surface area (Å²) in [5, 5.41) is 4.84. The molecule has 0 saturated heterocycles. The van der Waals surface area contributed by atoms with E-state index < -0.39 is 0 Å². The van der Waals surface area contributed by atoms with Gasteiger partial charge < -0.3 is 5.32 Å². The fraction of sp³-hybridized carbons (Fsp3) is 0.312. The lowest BCUT2D eigenvalue weighted by atomic mass is 9.99. The lowest BCUT2D eigenvalue weighted by Crippen LogP contribution is -2.24. The van der Waals surface area contributed by atoms with Gasteiger partial charge >= 0.3 is 0 Å². The number of nitrogens with zero attached hydrogens (tertiary/aromatic N) is 1. The van der Waals surface area contributed by atoms with Crippen molar-refractivity contribution in [1.82, 2.24) is 10.3 Å². The number of aromatic nitrogens is 1. The largest absolute Gasteiger partial charge is 0.306 e. The van der Waals surface area contributed by atoms with Crippen molar-refractivity contribution < 1.29 is 0 Å². The molecular formula is C16H18Cl2N2. The van der Waals surface area contributed by atoms with Crippen LogP contribution in [0, 0.1) is 6.92 Å². The molecule has 2 rings (SSSR count). The molecular weight excluding hydrogens is 291 g/mol. The van der Waals surface area contributed by atoms with Crippen molar-refractivity contribution >= 4 is 23.2 Å². The quantitative estimate of drug-likeness (QED) is 0.859. The van der Waals surface area contributed by atoms with Gasteiger partial charge in [0, 0.05) is 27.5 Å². The highest BCUT2D eigenvalue weighted by Crippen LogP contribution is 2.33. The van der Waals surface area contributed by atoms with Crippen LogP contribution in [0.3, 0.4) is 0 Å². The molecule has 20 heavy (non-hydrogen) atoms. The first kappa shape index (κ1) is 15.3. The summed E-state index contributed by atoms with van der Waals surface area (Å²) in [6, 6.07) is 9.62. The van der Waals surface area contributed by atoms with Crippen LogP contribution in [0.5, 0.6) is 0 Å². The number of hydrogen-bond acceptors (Lipinski definition) is 2. The van der Waals surface area contributed by atoms with Gasteiger partial charge in [0.25, 0.3) is 0 Å². The van der Waals surface area contributed by atoms with Gasteiger partial charge in [0.15, 0.2) is 0 Å². The van der Waals surface area contributed by atoms with Crippen LogP contribution in [0.1, 0.15) is 36.2 Å². The number of benzene rings is 1. The Balaban J connectivity index is 2.44. The Labute approximate surface area is 130 Å². The van der Waals surface area contributed by atoms with Crippen LogP contribution in [-0.4, -0.2) is 11.5 Å². The first-order valence-electron chi connectivity index (χ1n) is 6.73. The van der Waals surface area contributed by atoms with E-state index in [0.29, 0.717) is 10.0 Å². The molecule has 0 bridgehead atoms. The van der Waals surface area contributed by atoms with Gasteiger partial charge in [0.05, 0.1) is 6.04 Å². The van der Waals surface area contributed by atoms with Crippen molar-refractivity contribution in [2.75, 3.05) is 6.54 Å². The highest BCUT2D eigenvalue weighted by Gasteiger charge is 2.19. The van der Waals surface area contributed by atoms with E-state index in [2.05, 4.69) is 23.3 Å². The zero-order valence-electron chi connectivity index (χ0n) is 11.7. The van der Waals surface area contributed by atoms with E-state index in [-0.39, 0.29) is 6.04 Å². The molecule has 0 aliphatic carbocycles. The third-order valence-corrected chi connectivity index (χ3v) is 3.81. The second-order valence-corrected chi connectivity index (χ2v) is 5.57. The lowest BCUT2D eigenvalue weighted by molar-refractivity contribution is 0.597. The first-order valence-corrected chi connectivity index (χ1v) is 7.49. The van der Waals surface area contributed by atoms with E-state index in [0.717, 1.165) is 29.8 Å². The van der Waals surface area contributed by atoms with Crippen LogP contribution in [0.4, 0.5) is 0 Å². The van der Waals surface area contributed by atoms with Gasteiger partial charge in [-0.2, -0.15) is 0 Å². The minimum Gasteiger partial charge on any atom is -0.306 e. The first-order chi connectivity index (χ1) is 9.63. The second kappa shape index (κ2) is 7.07. The molecule has 0 aliphatic rings. The van der Waals surface area contributed by atoms with E-state index in [1.54, 1.807) is 0 Å². The summed E-state index contributed by atoms with van der Waals surface area (Å²) < 4.78 is 0. The maximum atomic E-state index is 6.34. The maximum absolute atomic E-state index is 6.34. The molecule has 1 atom stereocenters. The topological polar surface area (TPSA) is 24.9 Å². The van der Waals surface area contributed by atoms with Gasteiger partial charge in [0.2, 0.25) is 0 Å². The molecule has 0 fully saturated rings. The van der Waals surface area contributed by atoms with Crippen molar-refractivity contribution in [2.24, 2.45) is 0 Å². The Morgan fingerprint density at radius 1 is 1.15 bits per heavy atom. The van der Waals surface area contributed by atoms with Gasteiger partial charge in [-0.15, -0.1) is 0 Å². The maximum Gasteiger partial charge on any atom is 0.0621 e. The molecule has 1 aromatic carbocycles. The van der Waals surface area contributed by atoms with Crippen molar-refractivity contribution in [3.63, 3.8) is 0 Å². The predicted molar refractivity (Wildman–Crippen MR) is 85.6 cm³/mol. The minimum absolute atomic E-state index is 0.0377. The number of pyridine rings is 1. The Hall–Kier alpha value is -1.09. The molecule has 0 aliphatic heterocycles. The highest BCUT2D eigenvalue weighted by molar-refractivity contribution is 6.36. The summed E-state index contributed by atoms with van der Waals surface area (Å²) in [5.41, 5.74) is 2.97. The highest BCUT2D eigenvalue weighted by atomic mass is 35.5. The molecule has 0 saturated carbocycles. The summed E-state index contributed by atoms with van der Waals surface area (Å²) in [4.78, 5) is 4.37. The average Bonchev–Trinajstić information content (AvgIpc) is 2.43. The lowest BCUT2D eigenvalue weighted by Gasteiger charge is -2.21. The molecule has 4 heteroatoms. The van der Waals surface area contributed by atoms with Gasteiger partial charge in [-0.05, 0) is 43.7 Å². The van der Waals surface area contributed by atoms with Gasteiger partial charge in [-0.25, -0.2) is 0 Å². The molecule has 1 aromatic heterocycles. The summed E-state index contributed by atoms with van der Waals surface area (Å²) in [5.74, 6) is 0. The Morgan fingerprint density at radius 3 is 2.40 bits per heavy atom. The van der Waals surface area contributed by atoms with E-state index in [1.165, 1.54) is 0 Å². The van der Waals surface area contributed by atoms with E-state index in [9.17, 15) is 0 Å².